The molecule has 1 aliphatic heterocycles. The van der Waals surface area contributed by atoms with Crippen molar-refractivity contribution in [2.24, 2.45) is 5.73 Å². The molecule has 0 saturated carbocycles. The van der Waals surface area contributed by atoms with Crippen LogP contribution in [0.15, 0.2) is 12.4 Å². The lowest BCUT2D eigenvalue weighted by atomic mass is 9.77. The van der Waals surface area contributed by atoms with Crippen molar-refractivity contribution >= 4 is 11.8 Å². The summed E-state index contributed by atoms with van der Waals surface area (Å²) in [5.41, 5.74) is 7.30. The smallest absolute Gasteiger partial charge is 0.125 e. The SMILES string of the molecule is Cc1ncc(C2(CN)CCSCC2)cn1. The van der Waals surface area contributed by atoms with Crippen LogP contribution < -0.4 is 5.73 Å². The van der Waals surface area contributed by atoms with Gasteiger partial charge in [0.15, 0.2) is 0 Å². The van der Waals surface area contributed by atoms with Crippen molar-refractivity contribution in [2.45, 2.75) is 25.2 Å². The number of aryl methyl sites for hydroxylation is 1. The zero-order valence-corrected chi connectivity index (χ0v) is 9.89. The Morgan fingerprint density at radius 1 is 1.33 bits per heavy atom. The van der Waals surface area contributed by atoms with Gasteiger partial charge in [0.05, 0.1) is 0 Å². The lowest BCUT2D eigenvalue weighted by Crippen LogP contribution is -2.38. The van der Waals surface area contributed by atoms with E-state index in [-0.39, 0.29) is 5.41 Å². The maximum absolute atomic E-state index is 5.94. The zero-order valence-electron chi connectivity index (χ0n) is 9.07. The Kier molecular flexibility index (Phi) is 3.26. The summed E-state index contributed by atoms with van der Waals surface area (Å²) in [6.45, 7) is 2.62. The summed E-state index contributed by atoms with van der Waals surface area (Å²) in [7, 11) is 0. The first-order valence-corrected chi connectivity index (χ1v) is 6.49. The van der Waals surface area contributed by atoms with Crippen LogP contribution in [0, 0.1) is 6.92 Å². The average molecular weight is 223 g/mol. The van der Waals surface area contributed by atoms with Gasteiger partial charge in [-0.05, 0) is 36.8 Å². The quantitative estimate of drug-likeness (QED) is 0.825. The van der Waals surface area contributed by atoms with Crippen LogP contribution in [0.4, 0.5) is 0 Å². The van der Waals surface area contributed by atoms with E-state index in [0.29, 0.717) is 6.54 Å². The van der Waals surface area contributed by atoms with E-state index in [2.05, 4.69) is 9.97 Å². The molecule has 15 heavy (non-hydrogen) atoms. The second-order valence-electron chi connectivity index (χ2n) is 4.12. The van der Waals surface area contributed by atoms with Crippen LogP contribution in [0.1, 0.15) is 24.2 Å². The highest BCUT2D eigenvalue weighted by atomic mass is 32.2. The maximum Gasteiger partial charge on any atom is 0.125 e. The molecule has 1 aromatic rings. The fourth-order valence-corrected chi connectivity index (χ4v) is 3.31. The van der Waals surface area contributed by atoms with E-state index in [1.807, 2.05) is 31.1 Å². The van der Waals surface area contributed by atoms with Crippen molar-refractivity contribution < 1.29 is 0 Å². The Balaban J connectivity index is 2.28. The van der Waals surface area contributed by atoms with E-state index >= 15 is 0 Å². The average Bonchev–Trinajstić information content (AvgIpc) is 2.31. The number of aromatic nitrogens is 2. The van der Waals surface area contributed by atoms with Crippen LogP contribution in [0.5, 0.6) is 0 Å². The van der Waals surface area contributed by atoms with Gasteiger partial charge in [0.25, 0.3) is 0 Å². The third-order valence-electron chi connectivity index (χ3n) is 3.23. The van der Waals surface area contributed by atoms with Crippen molar-refractivity contribution in [3.8, 4) is 0 Å². The summed E-state index contributed by atoms with van der Waals surface area (Å²) in [5, 5.41) is 0. The molecule has 82 valence electrons. The van der Waals surface area contributed by atoms with Gasteiger partial charge < -0.3 is 5.73 Å². The van der Waals surface area contributed by atoms with Gasteiger partial charge in [0, 0.05) is 24.4 Å². The molecule has 0 spiro atoms. The van der Waals surface area contributed by atoms with Gasteiger partial charge in [0.2, 0.25) is 0 Å². The summed E-state index contributed by atoms with van der Waals surface area (Å²) in [5.74, 6) is 3.23. The largest absolute Gasteiger partial charge is 0.330 e. The summed E-state index contributed by atoms with van der Waals surface area (Å²) >= 11 is 2.01. The molecule has 0 amide bonds. The summed E-state index contributed by atoms with van der Waals surface area (Å²) in [4.78, 5) is 8.55. The number of nitrogens with two attached hydrogens (primary N) is 1. The van der Waals surface area contributed by atoms with E-state index in [9.17, 15) is 0 Å². The van der Waals surface area contributed by atoms with Crippen LogP contribution >= 0.6 is 11.8 Å². The summed E-state index contributed by atoms with van der Waals surface area (Å²) in [6.07, 6.45) is 6.21. The first-order valence-electron chi connectivity index (χ1n) is 5.34. The molecule has 0 unspecified atom stereocenters. The molecule has 2 rings (SSSR count). The normalized spacial score (nSPS) is 20.1. The van der Waals surface area contributed by atoms with Crippen LogP contribution in [0.3, 0.4) is 0 Å². The van der Waals surface area contributed by atoms with Gasteiger partial charge in [-0.25, -0.2) is 9.97 Å². The lowest BCUT2D eigenvalue weighted by molar-refractivity contribution is 0.402. The van der Waals surface area contributed by atoms with Gasteiger partial charge in [0.1, 0.15) is 5.82 Å². The van der Waals surface area contributed by atoms with E-state index in [4.69, 9.17) is 5.73 Å². The molecule has 1 aliphatic rings. The minimum absolute atomic E-state index is 0.138. The third-order valence-corrected chi connectivity index (χ3v) is 4.22. The van der Waals surface area contributed by atoms with E-state index in [0.717, 1.165) is 18.7 Å². The van der Waals surface area contributed by atoms with Gasteiger partial charge in [-0.3, -0.25) is 0 Å². The number of thioether (sulfide) groups is 1. The number of hydrogen-bond acceptors (Lipinski definition) is 4. The number of hydrogen-bond donors (Lipinski definition) is 1. The number of nitrogens with zero attached hydrogens (tertiary/aromatic N) is 2. The van der Waals surface area contributed by atoms with Crippen molar-refractivity contribution in [3.63, 3.8) is 0 Å². The Bertz CT molecular complexity index is 317. The molecule has 1 fully saturated rings. The molecule has 0 aliphatic carbocycles. The minimum atomic E-state index is 0.138. The molecule has 0 bridgehead atoms. The van der Waals surface area contributed by atoms with Crippen LogP contribution in [0.2, 0.25) is 0 Å². The third kappa shape index (κ3) is 2.16. The van der Waals surface area contributed by atoms with Crippen molar-refractivity contribution in [3.05, 3.63) is 23.8 Å². The standard InChI is InChI=1S/C11H17N3S/c1-9-13-6-10(7-14-9)11(8-12)2-4-15-5-3-11/h6-7H,2-5,8,12H2,1H3. The predicted octanol–water partition coefficient (Wildman–Crippen LogP) is 1.51. The highest BCUT2D eigenvalue weighted by molar-refractivity contribution is 7.99. The minimum Gasteiger partial charge on any atom is -0.330 e. The Labute approximate surface area is 94.9 Å². The summed E-state index contributed by atoms with van der Waals surface area (Å²) < 4.78 is 0. The molecule has 3 nitrogen and oxygen atoms in total. The lowest BCUT2D eigenvalue weighted by Gasteiger charge is -2.35. The molecular formula is C11H17N3S. The first kappa shape index (κ1) is 10.9. The van der Waals surface area contributed by atoms with E-state index < -0.39 is 0 Å². The zero-order chi connectivity index (χ0) is 10.7. The molecule has 1 saturated heterocycles. The molecule has 1 aromatic heterocycles. The van der Waals surface area contributed by atoms with Crippen molar-refractivity contribution in [1.29, 1.82) is 0 Å². The van der Waals surface area contributed by atoms with Crippen LogP contribution in [0.25, 0.3) is 0 Å². The second kappa shape index (κ2) is 4.49. The van der Waals surface area contributed by atoms with Gasteiger partial charge in [-0.2, -0.15) is 11.8 Å². The van der Waals surface area contributed by atoms with Crippen LogP contribution in [-0.2, 0) is 5.41 Å². The summed E-state index contributed by atoms with van der Waals surface area (Å²) in [6, 6.07) is 0. The van der Waals surface area contributed by atoms with Gasteiger partial charge in [-0.15, -0.1) is 0 Å². The molecule has 4 heteroatoms. The van der Waals surface area contributed by atoms with Gasteiger partial charge >= 0.3 is 0 Å². The maximum atomic E-state index is 5.94. The van der Waals surface area contributed by atoms with Crippen molar-refractivity contribution in [1.82, 2.24) is 9.97 Å². The Morgan fingerprint density at radius 2 is 1.93 bits per heavy atom. The molecule has 0 radical (unpaired) electrons. The van der Waals surface area contributed by atoms with E-state index in [1.165, 1.54) is 17.1 Å². The Morgan fingerprint density at radius 3 is 2.47 bits per heavy atom. The number of rotatable bonds is 2. The van der Waals surface area contributed by atoms with Crippen LogP contribution in [-0.4, -0.2) is 28.0 Å². The topological polar surface area (TPSA) is 51.8 Å². The first-order chi connectivity index (χ1) is 7.27. The fourth-order valence-electron chi connectivity index (χ4n) is 2.04. The molecule has 2 N–H and O–H groups in total. The molecule has 2 heterocycles. The predicted molar refractivity (Wildman–Crippen MR) is 64.1 cm³/mol. The van der Waals surface area contributed by atoms with Crippen molar-refractivity contribution in [2.75, 3.05) is 18.1 Å². The highest BCUT2D eigenvalue weighted by Gasteiger charge is 2.33. The molecular weight excluding hydrogens is 206 g/mol. The molecule has 0 atom stereocenters. The van der Waals surface area contributed by atoms with E-state index in [1.54, 1.807) is 0 Å². The second-order valence-corrected chi connectivity index (χ2v) is 5.34. The Hall–Kier alpha value is -0.610. The fraction of sp³-hybridized carbons (Fsp3) is 0.636. The monoisotopic (exact) mass is 223 g/mol. The van der Waals surface area contributed by atoms with Gasteiger partial charge in [-0.1, -0.05) is 0 Å². The molecule has 0 aromatic carbocycles. The highest BCUT2D eigenvalue weighted by Crippen LogP contribution is 2.36.